The topological polar surface area (TPSA) is 75.6 Å². The van der Waals surface area contributed by atoms with Gasteiger partial charge >= 0.3 is 5.97 Å². The Morgan fingerprint density at radius 3 is 2.36 bits per heavy atom. The van der Waals surface area contributed by atoms with Crippen LogP contribution in [0.4, 0.5) is 0 Å². The highest BCUT2D eigenvalue weighted by atomic mass is 16.5. The molecule has 2 unspecified atom stereocenters. The van der Waals surface area contributed by atoms with Crippen LogP contribution in [0.25, 0.3) is 0 Å². The summed E-state index contributed by atoms with van der Waals surface area (Å²) >= 11 is 0. The fourth-order valence-corrected chi connectivity index (χ4v) is 2.91. The Hall–Kier alpha value is -1.10. The maximum atomic E-state index is 12.2. The average Bonchev–Trinajstić information content (AvgIpc) is 2.88. The molecule has 0 aromatic heterocycles. The van der Waals surface area contributed by atoms with Crippen molar-refractivity contribution in [3.05, 3.63) is 0 Å². The molecule has 1 amide bonds. The Balaban J connectivity index is 2.40. The van der Waals surface area contributed by atoms with Crippen molar-refractivity contribution in [3.63, 3.8) is 0 Å². The molecule has 2 N–H and O–H groups in total. The van der Waals surface area contributed by atoms with Crippen molar-refractivity contribution >= 4 is 11.9 Å². The summed E-state index contributed by atoms with van der Waals surface area (Å²) in [5.74, 6) is -0.671. The number of aliphatic carboxylic acids is 1. The zero-order valence-corrected chi connectivity index (χ0v) is 14.4. The number of hydrogen-bond donors (Lipinski definition) is 2. The van der Waals surface area contributed by atoms with Gasteiger partial charge in [0, 0.05) is 18.9 Å². The van der Waals surface area contributed by atoms with Crippen molar-refractivity contribution in [1.82, 2.24) is 5.32 Å². The highest BCUT2D eigenvalue weighted by Gasteiger charge is 2.26. The molecule has 2 atom stereocenters. The molecule has 22 heavy (non-hydrogen) atoms. The molecular weight excluding hydrogens is 282 g/mol. The standard InChI is InChI=1S/C17H31NO4/c1-12(11-13-7-5-6-8-13)15(19)18-14(16(20)21)9-10-22-17(2,3)4/h12-14H,5-11H2,1-4H3,(H,18,19)(H,20,21). The Morgan fingerprint density at radius 1 is 1.27 bits per heavy atom. The number of carbonyl (C=O) groups is 2. The first-order valence-corrected chi connectivity index (χ1v) is 8.36. The van der Waals surface area contributed by atoms with Crippen molar-refractivity contribution < 1.29 is 19.4 Å². The summed E-state index contributed by atoms with van der Waals surface area (Å²) in [6.07, 6.45) is 6.03. The van der Waals surface area contributed by atoms with Gasteiger partial charge in [-0.15, -0.1) is 0 Å². The maximum absolute atomic E-state index is 12.2. The van der Waals surface area contributed by atoms with Crippen LogP contribution in [-0.2, 0) is 14.3 Å². The van der Waals surface area contributed by atoms with Gasteiger partial charge in [0.2, 0.25) is 5.91 Å². The predicted octanol–water partition coefficient (Wildman–Crippen LogP) is 2.98. The number of hydrogen-bond acceptors (Lipinski definition) is 3. The number of carbonyl (C=O) groups excluding carboxylic acids is 1. The van der Waals surface area contributed by atoms with E-state index < -0.39 is 12.0 Å². The summed E-state index contributed by atoms with van der Waals surface area (Å²) in [6.45, 7) is 7.97. The zero-order chi connectivity index (χ0) is 16.8. The van der Waals surface area contributed by atoms with Gasteiger partial charge in [0.1, 0.15) is 6.04 Å². The maximum Gasteiger partial charge on any atom is 0.326 e. The third kappa shape index (κ3) is 7.25. The van der Waals surface area contributed by atoms with E-state index in [1.807, 2.05) is 27.7 Å². The number of ether oxygens (including phenoxy) is 1. The molecule has 1 rings (SSSR count). The third-order valence-electron chi connectivity index (χ3n) is 4.17. The van der Waals surface area contributed by atoms with Crippen LogP contribution in [0.15, 0.2) is 0 Å². The van der Waals surface area contributed by atoms with E-state index in [-0.39, 0.29) is 23.8 Å². The van der Waals surface area contributed by atoms with E-state index >= 15 is 0 Å². The van der Waals surface area contributed by atoms with Crippen molar-refractivity contribution in [3.8, 4) is 0 Å². The third-order valence-corrected chi connectivity index (χ3v) is 4.17. The van der Waals surface area contributed by atoms with Crippen LogP contribution >= 0.6 is 0 Å². The van der Waals surface area contributed by atoms with Gasteiger partial charge in [-0.3, -0.25) is 4.79 Å². The normalized spacial score (nSPS) is 18.9. The van der Waals surface area contributed by atoms with Crippen molar-refractivity contribution in [2.24, 2.45) is 11.8 Å². The molecule has 1 saturated carbocycles. The summed E-state index contributed by atoms with van der Waals surface area (Å²) in [4.78, 5) is 23.5. The van der Waals surface area contributed by atoms with Crippen LogP contribution < -0.4 is 5.32 Å². The molecule has 128 valence electrons. The lowest BCUT2D eigenvalue weighted by Crippen LogP contribution is -2.44. The first-order chi connectivity index (χ1) is 10.2. The van der Waals surface area contributed by atoms with Crippen LogP contribution in [-0.4, -0.2) is 35.2 Å². The second kappa shape index (κ2) is 8.51. The van der Waals surface area contributed by atoms with E-state index in [0.29, 0.717) is 12.5 Å². The molecular formula is C17H31NO4. The molecule has 0 spiro atoms. The van der Waals surface area contributed by atoms with E-state index in [1.165, 1.54) is 25.7 Å². The zero-order valence-electron chi connectivity index (χ0n) is 14.4. The van der Waals surface area contributed by atoms with Crippen molar-refractivity contribution in [2.45, 2.75) is 77.9 Å². The molecule has 0 radical (unpaired) electrons. The van der Waals surface area contributed by atoms with Crippen LogP contribution in [0, 0.1) is 11.8 Å². The first kappa shape index (κ1) is 18.9. The lowest BCUT2D eigenvalue weighted by Gasteiger charge is -2.23. The van der Waals surface area contributed by atoms with Crippen molar-refractivity contribution in [1.29, 1.82) is 0 Å². The Kier molecular flexibility index (Phi) is 7.33. The summed E-state index contributed by atoms with van der Waals surface area (Å²) in [5, 5.41) is 11.9. The Labute approximate surface area is 133 Å². The minimum Gasteiger partial charge on any atom is -0.480 e. The summed E-state index contributed by atoms with van der Waals surface area (Å²) in [7, 11) is 0. The lowest BCUT2D eigenvalue weighted by atomic mass is 9.93. The number of rotatable bonds is 8. The van der Waals surface area contributed by atoms with Gasteiger partial charge in [-0.25, -0.2) is 4.79 Å². The molecule has 0 aromatic carbocycles. The number of carboxylic acids is 1. The van der Waals surface area contributed by atoms with E-state index in [2.05, 4.69) is 5.32 Å². The molecule has 5 heteroatoms. The molecule has 0 saturated heterocycles. The van der Waals surface area contributed by atoms with Crippen LogP contribution in [0.3, 0.4) is 0 Å². The molecule has 0 heterocycles. The molecule has 1 aliphatic rings. The highest BCUT2D eigenvalue weighted by molar-refractivity contribution is 5.84. The Bertz CT molecular complexity index is 369. The van der Waals surface area contributed by atoms with Gasteiger partial charge in [0.05, 0.1) is 5.60 Å². The van der Waals surface area contributed by atoms with Gasteiger partial charge in [0.25, 0.3) is 0 Å². The van der Waals surface area contributed by atoms with Gasteiger partial charge in [-0.1, -0.05) is 32.6 Å². The van der Waals surface area contributed by atoms with E-state index in [9.17, 15) is 14.7 Å². The first-order valence-electron chi connectivity index (χ1n) is 8.36. The molecule has 1 fully saturated rings. The van der Waals surface area contributed by atoms with Gasteiger partial charge in [-0.2, -0.15) is 0 Å². The Morgan fingerprint density at radius 2 is 1.86 bits per heavy atom. The summed E-state index contributed by atoms with van der Waals surface area (Å²) in [5.41, 5.74) is -0.303. The van der Waals surface area contributed by atoms with Gasteiger partial charge < -0.3 is 15.2 Å². The van der Waals surface area contributed by atoms with E-state index in [1.54, 1.807) is 0 Å². The van der Waals surface area contributed by atoms with E-state index in [0.717, 1.165) is 6.42 Å². The quantitative estimate of drug-likeness (QED) is 0.722. The minimum atomic E-state index is -1.00. The van der Waals surface area contributed by atoms with E-state index in [4.69, 9.17) is 4.74 Å². The molecule has 0 bridgehead atoms. The number of carboxylic acid groups (broad SMARTS) is 1. The smallest absolute Gasteiger partial charge is 0.326 e. The SMILES string of the molecule is CC(CC1CCCC1)C(=O)NC(CCOC(C)(C)C)C(=O)O. The van der Waals surface area contributed by atoms with Gasteiger partial charge in [-0.05, 0) is 33.1 Å². The summed E-state index contributed by atoms with van der Waals surface area (Å²) < 4.78 is 5.55. The second-order valence-electron chi connectivity index (χ2n) is 7.44. The molecule has 0 aromatic rings. The van der Waals surface area contributed by atoms with Crippen LogP contribution in [0.1, 0.15) is 66.2 Å². The minimum absolute atomic E-state index is 0.131. The highest BCUT2D eigenvalue weighted by Crippen LogP contribution is 2.30. The monoisotopic (exact) mass is 313 g/mol. The summed E-state index contributed by atoms with van der Waals surface area (Å²) in [6, 6.07) is -0.874. The fourth-order valence-electron chi connectivity index (χ4n) is 2.91. The largest absolute Gasteiger partial charge is 0.480 e. The fraction of sp³-hybridized carbons (Fsp3) is 0.882. The van der Waals surface area contributed by atoms with Crippen LogP contribution in [0.5, 0.6) is 0 Å². The molecule has 0 aliphatic heterocycles. The van der Waals surface area contributed by atoms with Crippen molar-refractivity contribution in [2.75, 3.05) is 6.61 Å². The average molecular weight is 313 g/mol. The predicted molar refractivity (Wildman–Crippen MR) is 85.6 cm³/mol. The number of amides is 1. The second-order valence-corrected chi connectivity index (χ2v) is 7.44. The number of nitrogens with one attached hydrogen (secondary N) is 1. The lowest BCUT2D eigenvalue weighted by molar-refractivity contribution is -0.143. The molecule has 1 aliphatic carbocycles. The van der Waals surface area contributed by atoms with Gasteiger partial charge in [0.15, 0.2) is 0 Å². The molecule has 5 nitrogen and oxygen atoms in total. The van der Waals surface area contributed by atoms with Crippen LogP contribution in [0.2, 0.25) is 0 Å².